The average Bonchev–Trinajstić information content (AvgIpc) is 2.45. The van der Waals surface area contributed by atoms with Crippen LogP contribution in [0.4, 0.5) is 13.2 Å². The number of likely N-dealkylation sites (tertiary alicyclic amines) is 1. The number of alkyl halides is 3. The molecule has 0 atom stereocenters. The summed E-state index contributed by atoms with van der Waals surface area (Å²) >= 11 is 0. The maximum atomic E-state index is 12.4. The predicted molar refractivity (Wildman–Crippen MR) is 90.0 cm³/mol. The third-order valence-electron chi connectivity index (χ3n) is 4.86. The molecule has 0 unspecified atom stereocenters. The highest BCUT2D eigenvalue weighted by Crippen LogP contribution is 2.38. The molecular weight excluding hydrogens is 355 g/mol. The molecule has 0 aliphatic carbocycles. The molecule has 1 fully saturated rings. The molecule has 0 saturated carbocycles. The van der Waals surface area contributed by atoms with Crippen molar-refractivity contribution in [1.82, 2.24) is 4.90 Å². The van der Waals surface area contributed by atoms with Gasteiger partial charge in [-0.05, 0) is 69.8 Å². The Balaban J connectivity index is 2.10. The van der Waals surface area contributed by atoms with Crippen LogP contribution in [0.5, 0.6) is 5.75 Å². The van der Waals surface area contributed by atoms with Crippen molar-refractivity contribution in [2.45, 2.75) is 57.0 Å². The van der Waals surface area contributed by atoms with Crippen LogP contribution in [-0.4, -0.2) is 37.5 Å². The zero-order valence-corrected chi connectivity index (χ0v) is 15.7. The van der Waals surface area contributed by atoms with Crippen LogP contribution >= 0.6 is 0 Å². The first-order chi connectivity index (χ1) is 11.2. The van der Waals surface area contributed by atoms with Crippen molar-refractivity contribution in [2.75, 3.05) is 13.1 Å². The molecule has 0 amide bonds. The van der Waals surface area contributed by atoms with Gasteiger partial charge in [-0.1, -0.05) is 19.1 Å². The van der Waals surface area contributed by atoms with Crippen molar-refractivity contribution in [3.8, 4) is 5.75 Å². The van der Waals surface area contributed by atoms with E-state index in [9.17, 15) is 21.6 Å². The van der Waals surface area contributed by atoms with Crippen LogP contribution in [0.25, 0.3) is 0 Å². The lowest BCUT2D eigenvalue weighted by molar-refractivity contribution is -0.0500. The van der Waals surface area contributed by atoms with Gasteiger partial charge in [0.1, 0.15) is 5.75 Å². The van der Waals surface area contributed by atoms with Crippen molar-refractivity contribution in [3.63, 3.8) is 0 Å². The van der Waals surface area contributed by atoms with Crippen molar-refractivity contribution in [1.29, 1.82) is 0 Å². The molecular formula is C17H24F3NO3S. The summed E-state index contributed by atoms with van der Waals surface area (Å²) in [6, 6.07) is 5.85. The van der Waals surface area contributed by atoms with Crippen molar-refractivity contribution < 1.29 is 25.8 Å². The molecule has 1 aromatic rings. The Kier molecular flexibility index (Phi) is 5.18. The first kappa shape index (κ1) is 20.0. The summed E-state index contributed by atoms with van der Waals surface area (Å²) in [6.07, 6.45) is 1.84. The summed E-state index contributed by atoms with van der Waals surface area (Å²) in [5, 5.41) is 0. The van der Waals surface area contributed by atoms with Gasteiger partial charge in [-0.3, -0.25) is 4.90 Å². The van der Waals surface area contributed by atoms with Crippen LogP contribution in [0.15, 0.2) is 24.3 Å². The molecule has 4 nitrogen and oxygen atoms in total. The van der Waals surface area contributed by atoms with Crippen LogP contribution in [0.1, 0.15) is 46.1 Å². The Morgan fingerprint density at radius 1 is 1.04 bits per heavy atom. The fourth-order valence-corrected chi connectivity index (χ4v) is 3.51. The van der Waals surface area contributed by atoms with E-state index < -0.39 is 15.6 Å². The van der Waals surface area contributed by atoms with Gasteiger partial charge in [0.05, 0.1) is 0 Å². The Morgan fingerprint density at radius 3 is 1.92 bits per heavy atom. The maximum absolute atomic E-state index is 12.4. The predicted octanol–water partition coefficient (Wildman–Crippen LogP) is 4.07. The lowest BCUT2D eigenvalue weighted by Crippen LogP contribution is -2.49. The smallest absolute Gasteiger partial charge is 0.376 e. The second kappa shape index (κ2) is 6.46. The largest absolute Gasteiger partial charge is 0.534 e. The van der Waals surface area contributed by atoms with Crippen molar-refractivity contribution >= 4 is 10.1 Å². The molecule has 2 rings (SSSR count). The number of piperidine rings is 1. The van der Waals surface area contributed by atoms with Crippen LogP contribution in [0, 0.1) is 0 Å². The Labute approximate surface area is 147 Å². The third kappa shape index (κ3) is 4.47. The minimum Gasteiger partial charge on any atom is -0.376 e. The quantitative estimate of drug-likeness (QED) is 0.587. The second-order valence-electron chi connectivity index (χ2n) is 7.73. The molecule has 25 heavy (non-hydrogen) atoms. The van der Waals surface area contributed by atoms with Gasteiger partial charge in [-0.15, -0.1) is 0 Å². The molecule has 0 spiro atoms. The summed E-state index contributed by atoms with van der Waals surface area (Å²) in [7, 11) is -5.63. The van der Waals surface area contributed by atoms with E-state index in [1.165, 1.54) is 12.1 Å². The molecule has 0 radical (unpaired) electrons. The molecule has 0 N–H and O–H groups in total. The molecule has 0 aromatic heterocycles. The highest BCUT2D eigenvalue weighted by molar-refractivity contribution is 7.88. The molecule has 142 valence electrons. The highest BCUT2D eigenvalue weighted by Gasteiger charge is 2.48. The second-order valence-corrected chi connectivity index (χ2v) is 9.26. The zero-order chi connectivity index (χ0) is 19.1. The van der Waals surface area contributed by atoms with Gasteiger partial charge >= 0.3 is 15.6 Å². The van der Waals surface area contributed by atoms with Crippen molar-refractivity contribution in [3.05, 3.63) is 29.8 Å². The van der Waals surface area contributed by atoms with Gasteiger partial charge < -0.3 is 4.18 Å². The van der Waals surface area contributed by atoms with E-state index in [0.717, 1.165) is 31.5 Å². The van der Waals surface area contributed by atoms with E-state index >= 15 is 0 Å². The SMILES string of the molecule is CC1(c2ccc(OS(=O)(=O)C(F)(F)F)cc2)CCN(C(C)(C)C)CC1. The normalized spacial score (nSPS) is 19.6. The van der Waals surface area contributed by atoms with Gasteiger partial charge in [0.2, 0.25) is 0 Å². The highest BCUT2D eigenvalue weighted by atomic mass is 32.2. The van der Waals surface area contributed by atoms with Crippen LogP contribution in [0.3, 0.4) is 0 Å². The maximum Gasteiger partial charge on any atom is 0.534 e. The molecule has 0 bridgehead atoms. The lowest BCUT2D eigenvalue weighted by Gasteiger charge is -2.45. The minimum atomic E-state index is -5.63. The van der Waals surface area contributed by atoms with Gasteiger partial charge in [-0.2, -0.15) is 21.6 Å². The van der Waals surface area contributed by atoms with E-state index in [4.69, 9.17) is 0 Å². The number of hydrogen-bond donors (Lipinski definition) is 0. The standard InChI is InChI=1S/C17H24F3NO3S/c1-15(2,3)21-11-9-16(4,10-12-21)13-5-7-14(8-6-13)24-25(22,23)17(18,19)20/h5-8H,9-12H2,1-4H3. The molecule has 1 saturated heterocycles. The molecule has 1 aromatic carbocycles. The minimum absolute atomic E-state index is 0.0941. The van der Waals surface area contributed by atoms with E-state index in [-0.39, 0.29) is 16.7 Å². The van der Waals surface area contributed by atoms with E-state index in [1.54, 1.807) is 12.1 Å². The first-order valence-electron chi connectivity index (χ1n) is 8.11. The van der Waals surface area contributed by atoms with Gasteiger partial charge in [0, 0.05) is 5.54 Å². The fourth-order valence-electron chi connectivity index (χ4n) is 3.05. The number of nitrogens with zero attached hydrogens (tertiary/aromatic N) is 1. The monoisotopic (exact) mass is 379 g/mol. The van der Waals surface area contributed by atoms with Crippen LogP contribution in [0.2, 0.25) is 0 Å². The van der Waals surface area contributed by atoms with Crippen LogP contribution < -0.4 is 4.18 Å². The summed E-state index contributed by atoms with van der Waals surface area (Å²) in [6.45, 7) is 10.5. The fraction of sp³-hybridized carbons (Fsp3) is 0.647. The first-order valence-corrected chi connectivity index (χ1v) is 9.52. The van der Waals surface area contributed by atoms with E-state index in [1.807, 2.05) is 0 Å². The molecule has 1 aliphatic heterocycles. The number of rotatable bonds is 3. The van der Waals surface area contributed by atoms with Gasteiger partial charge in [0.25, 0.3) is 0 Å². The van der Waals surface area contributed by atoms with E-state index in [2.05, 4.69) is 36.8 Å². The Hall–Kier alpha value is -1.28. The summed E-state index contributed by atoms with van der Waals surface area (Å²) in [5.74, 6) is -0.336. The van der Waals surface area contributed by atoms with Crippen molar-refractivity contribution in [2.24, 2.45) is 0 Å². The number of hydrogen-bond acceptors (Lipinski definition) is 4. The topological polar surface area (TPSA) is 46.6 Å². The Morgan fingerprint density at radius 2 is 1.52 bits per heavy atom. The van der Waals surface area contributed by atoms with Gasteiger partial charge in [-0.25, -0.2) is 0 Å². The van der Waals surface area contributed by atoms with Crippen LogP contribution in [-0.2, 0) is 15.5 Å². The van der Waals surface area contributed by atoms with Gasteiger partial charge in [0.15, 0.2) is 0 Å². The molecule has 1 aliphatic rings. The molecule has 8 heteroatoms. The molecule has 1 heterocycles. The van der Waals surface area contributed by atoms with E-state index in [0.29, 0.717) is 0 Å². The lowest BCUT2D eigenvalue weighted by atomic mass is 9.74. The zero-order valence-electron chi connectivity index (χ0n) is 14.9. The summed E-state index contributed by atoms with van der Waals surface area (Å²) < 4.78 is 63.3. The Bertz CT molecular complexity index is 698. The average molecular weight is 379 g/mol. The summed E-state index contributed by atoms with van der Waals surface area (Å²) in [5.41, 5.74) is -4.45. The third-order valence-corrected chi connectivity index (χ3v) is 5.84. The summed E-state index contributed by atoms with van der Waals surface area (Å²) in [4.78, 5) is 2.40. The number of benzene rings is 1. The number of halogens is 3.